The average Bonchev–Trinajstić information content (AvgIpc) is 3.55. The fourth-order valence-corrected chi connectivity index (χ4v) is 7.34. The van der Waals surface area contributed by atoms with Crippen LogP contribution in [0, 0.1) is 0 Å². The Bertz CT molecular complexity index is 2890. The van der Waals surface area contributed by atoms with Crippen molar-refractivity contribution < 1.29 is 4.42 Å². The molecule has 2 aromatic heterocycles. The lowest BCUT2D eigenvalue weighted by Crippen LogP contribution is -2.28. The van der Waals surface area contributed by atoms with Gasteiger partial charge >= 0.3 is 0 Å². The SMILES string of the molecule is C1=c2ccccc2=CC(c2nc(-c3ccc4ccccc4c3)nc(-c3ccc(-c4ccc5oc6ccccc6c5c4)c4ccccc34)n2)C1. The molecule has 2 heterocycles. The first-order valence-electron chi connectivity index (χ1n) is 16.7. The zero-order chi connectivity index (χ0) is 32.3. The molecule has 4 heteroatoms. The van der Waals surface area contributed by atoms with Crippen molar-refractivity contribution in [2.75, 3.05) is 0 Å². The summed E-state index contributed by atoms with van der Waals surface area (Å²) >= 11 is 0. The Morgan fingerprint density at radius 1 is 0.469 bits per heavy atom. The van der Waals surface area contributed by atoms with Gasteiger partial charge in [0.05, 0.1) is 0 Å². The summed E-state index contributed by atoms with van der Waals surface area (Å²) in [4.78, 5) is 15.5. The van der Waals surface area contributed by atoms with E-state index in [1.807, 2.05) is 12.1 Å². The second kappa shape index (κ2) is 11.1. The van der Waals surface area contributed by atoms with Crippen LogP contribution >= 0.6 is 0 Å². The van der Waals surface area contributed by atoms with Crippen LogP contribution in [0.25, 0.3) is 89.5 Å². The fourth-order valence-electron chi connectivity index (χ4n) is 7.34. The number of furan rings is 1. The van der Waals surface area contributed by atoms with E-state index in [0.717, 1.165) is 72.6 Å². The monoisotopic (exact) mass is 627 g/mol. The van der Waals surface area contributed by atoms with Gasteiger partial charge in [-0.15, -0.1) is 0 Å². The molecule has 1 atom stereocenters. The Labute approximate surface area is 282 Å². The van der Waals surface area contributed by atoms with Gasteiger partial charge in [0.15, 0.2) is 11.6 Å². The largest absolute Gasteiger partial charge is 0.456 e. The molecule has 230 valence electrons. The van der Waals surface area contributed by atoms with Crippen LogP contribution in [-0.4, -0.2) is 15.0 Å². The maximum Gasteiger partial charge on any atom is 0.164 e. The van der Waals surface area contributed by atoms with E-state index in [2.05, 4.69) is 146 Å². The van der Waals surface area contributed by atoms with Crippen molar-refractivity contribution in [1.82, 2.24) is 15.0 Å². The smallest absolute Gasteiger partial charge is 0.164 e. The highest BCUT2D eigenvalue weighted by atomic mass is 16.3. The van der Waals surface area contributed by atoms with E-state index in [0.29, 0.717) is 11.6 Å². The third-order valence-corrected chi connectivity index (χ3v) is 9.81. The van der Waals surface area contributed by atoms with Gasteiger partial charge in [0.1, 0.15) is 17.0 Å². The van der Waals surface area contributed by atoms with Crippen LogP contribution in [0.3, 0.4) is 0 Å². The second-order valence-electron chi connectivity index (χ2n) is 12.8. The van der Waals surface area contributed by atoms with Crippen LogP contribution in [0.15, 0.2) is 150 Å². The van der Waals surface area contributed by atoms with Gasteiger partial charge < -0.3 is 4.42 Å². The van der Waals surface area contributed by atoms with Gasteiger partial charge in [0.2, 0.25) is 0 Å². The molecule has 9 aromatic rings. The second-order valence-corrected chi connectivity index (χ2v) is 12.8. The van der Waals surface area contributed by atoms with Crippen molar-refractivity contribution in [3.63, 3.8) is 0 Å². The summed E-state index contributed by atoms with van der Waals surface area (Å²) in [5, 5.41) is 9.30. The molecule has 0 N–H and O–H groups in total. The molecule has 0 saturated carbocycles. The van der Waals surface area contributed by atoms with Crippen molar-refractivity contribution in [2.45, 2.75) is 12.3 Å². The van der Waals surface area contributed by atoms with Gasteiger partial charge in [-0.3, -0.25) is 0 Å². The molecule has 49 heavy (non-hydrogen) atoms. The predicted molar refractivity (Wildman–Crippen MR) is 200 cm³/mol. The maximum atomic E-state index is 6.13. The average molecular weight is 628 g/mol. The summed E-state index contributed by atoms with van der Waals surface area (Å²) in [5.41, 5.74) is 6.05. The van der Waals surface area contributed by atoms with Crippen LogP contribution in [0.4, 0.5) is 0 Å². The van der Waals surface area contributed by atoms with E-state index in [1.165, 1.54) is 15.8 Å². The highest BCUT2D eigenvalue weighted by Gasteiger charge is 2.20. The number of benzene rings is 7. The Balaban J connectivity index is 1.16. The molecule has 0 saturated heterocycles. The molecule has 1 aliphatic rings. The highest BCUT2D eigenvalue weighted by Crippen LogP contribution is 2.38. The summed E-state index contributed by atoms with van der Waals surface area (Å²) in [6.45, 7) is 0. The highest BCUT2D eigenvalue weighted by molar-refractivity contribution is 6.09. The topological polar surface area (TPSA) is 51.8 Å². The third-order valence-electron chi connectivity index (χ3n) is 9.81. The quantitative estimate of drug-likeness (QED) is 0.195. The summed E-state index contributed by atoms with van der Waals surface area (Å²) in [6, 6.07) is 51.0. The number of fused-ring (bicyclic) bond motifs is 6. The van der Waals surface area contributed by atoms with E-state index in [9.17, 15) is 0 Å². The van der Waals surface area contributed by atoms with E-state index in [4.69, 9.17) is 19.4 Å². The minimum absolute atomic E-state index is 0.0397. The summed E-state index contributed by atoms with van der Waals surface area (Å²) in [5.74, 6) is 2.19. The number of rotatable bonds is 4. The Kier molecular flexibility index (Phi) is 6.28. The van der Waals surface area contributed by atoms with Crippen molar-refractivity contribution in [1.29, 1.82) is 0 Å². The van der Waals surface area contributed by atoms with Crippen molar-refractivity contribution in [3.05, 3.63) is 162 Å². The number of hydrogen-bond donors (Lipinski definition) is 0. The molecular formula is C45H29N3O. The van der Waals surface area contributed by atoms with Gasteiger partial charge in [0, 0.05) is 27.8 Å². The Hall–Kier alpha value is -6.39. The van der Waals surface area contributed by atoms with Crippen molar-refractivity contribution >= 4 is 55.6 Å². The van der Waals surface area contributed by atoms with Crippen LogP contribution in [0.1, 0.15) is 18.2 Å². The lowest BCUT2D eigenvalue weighted by molar-refractivity contribution is 0.669. The number of hydrogen-bond acceptors (Lipinski definition) is 4. The minimum Gasteiger partial charge on any atom is -0.456 e. The van der Waals surface area contributed by atoms with Crippen molar-refractivity contribution in [2.24, 2.45) is 0 Å². The predicted octanol–water partition coefficient (Wildman–Crippen LogP) is 9.83. The Morgan fingerprint density at radius 3 is 2.04 bits per heavy atom. The maximum absolute atomic E-state index is 6.13. The molecular weight excluding hydrogens is 599 g/mol. The minimum atomic E-state index is 0.0397. The standard InChI is InChI=1S/C45H29N3O/c1-3-11-30-25-33(19-17-28(30)9-1)43-46-44(34-20-18-29-10-2-4-12-31(29)26-34)48-45(47-43)39-23-22-35(36-13-5-6-14-37(36)39)32-21-24-42-40(27-32)38-15-7-8-16-41(38)49-42/h1-19,21-27,34H,20H2. The van der Waals surface area contributed by atoms with E-state index in [-0.39, 0.29) is 5.92 Å². The zero-order valence-corrected chi connectivity index (χ0v) is 26.5. The zero-order valence-electron chi connectivity index (χ0n) is 26.5. The molecule has 0 aliphatic heterocycles. The lowest BCUT2D eigenvalue weighted by Gasteiger charge is -2.16. The van der Waals surface area contributed by atoms with Gasteiger partial charge in [-0.05, 0) is 79.9 Å². The van der Waals surface area contributed by atoms with Gasteiger partial charge in [-0.2, -0.15) is 0 Å². The molecule has 7 aromatic carbocycles. The molecule has 4 nitrogen and oxygen atoms in total. The molecule has 1 unspecified atom stereocenters. The number of para-hydroxylation sites is 1. The molecule has 0 bridgehead atoms. The molecule has 10 rings (SSSR count). The number of aromatic nitrogens is 3. The first-order chi connectivity index (χ1) is 24.2. The van der Waals surface area contributed by atoms with E-state index in [1.54, 1.807) is 0 Å². The first-order valence-corrected chi connectivity index (χ1v) is 16.7. The van der Waals surface area contributed by atoms with Crippen molar-refractivity contribution in [3.8, 4) is 33.9 Å². The van der Waals surface area contributed by atoms with Crippen LogP contribution < -0.4 is 10.4 Å². The van der Waals surface area contributed by atoms with Gasteiger partial charge in [-0.1, -0.05) is 127 Å². The summed E-state index contributed by atoms with van der Waals surface area (Å²) in [6.07, 6.45) is 5.43. The third kappa shape index (κ3) is 4.72. The first kappa shape index (κ1) is 27.7. The molecule has 0 radical (unpaired) electrons. The molecule has 0 fully saturated rings. The van der Waals surface area contributed by atoms with Gasteiger partial charge in [-0.25, -0.2) is 15.0 Å². The van der Waals surface area contributed by atoms with Gasteiger partial charge in [0.25, 0.3) is 0 Å². The summed E-state index contributed by atoms with van der Waals surface area (Å²) in [7, 11) is 0. The van der Waals surface area contributed by atoms with Crippen LogP contribution in [-0.2, 0) is 0 Å². The lowest BCUT2D eigenvalue weighted by atomic mass is 9.93. The number of nitrogens with zero attached hydrogens (tertiary/aromatic N) is 3. The fraction of sp³-hybridized carbons (Fsp3) is 0.0444. The normalized spacial score (nSPS) is 14.2. The summed E-state index contributed by atoms with van der Waals surface area (Å²) < 4.78 is 6.13. The van der Waals surface area contributed by atoms with Crippen LogP contribution in [0.2, 0.25) is 0 Å². The molecule has 0 spiro atoms. The molecule has 0 amide bonds. The van der Waals surface area contributed by atoms with Crippen LogP contribution in [0.5, 0.6) is 0 Å². The molecule has 1 aliphatic carbocycles. The Morgan fingerprint density at radius 2 is 1.14 bits per heavy atom. The van der Waals surface area contributed by atoms with E-state index < -0.39 is 0 Å². The van der Waals surface area contributed by atoms with E-state index >= 15 is 0 Å².